The van der Waals surface area contributed by atoms with Gasteiger partial charge in [0, 0.05) is 18.5 Å². The average Bonchev–Trinajstić information content (AvgIpc) is 2.21. The standard InChI is InChI=1S/C14H27N3O4/c1-13(2,3)10(11(19)20)16-12(21)15-8-7-9(18)17-14(4,5)6/h10H,7-8H2,1-6H3,(H,17,18)(H,19,20)(H2,15,16,21). The third kappa shape index (κ3) is 8.88. The molecule has 7 nitrogen and oxygen atoms in total. The Labute approximate surface area is 125 Å². The summed E-state index contributed by atoms with van der Waals surface area (Å²) in [5.41, 5.74) is -0.924. The molecule has 0 aromatic carbocycles. The van der Waals surface area contributed by atoms with Crippen LogP contribution in [0.15, 0.2) is 0 Å². The number of hydrogen-bond acceptors (Lipinski definition) is 3. The maximum atomic E-state index is 11.7. The molecule has 3 amide bonds. The minimum atomic E-state index is -1.09. The number of aliphatic carboxylic acids is 1. The number of carbonyl (C=O) groups excluding carboxylic acids is 2. The van der Waals surface area contributed by atoms with Gasteiger partial charge in [-0.3, -0.25) is 4.79 Å². The lowest BCUT2D eigenvalue weighted by Gasteiger charge is -2.27. The van der Waals surface area contributed by atoms with Gasteiger partial charge in [0.1, 0.15) is 6.04 Å². The molecule has 1 atom stereocenters. The number of nitrogens with one attached hydrogen (secondary N) is 3. The van der Waals surface area contributed by atoms with E-state index in [0.29, 0.717) is 0 Å². The summed E-state index contributed by atoms with van der Waals surface area (Å²) in [6, 6.07) is -1.60. The van der Waals surface area contributed by atoms with Crippen molar-refractivity contribution in [2.24, 2.45) is 5.41 Å². The summed E-state index contributed by atoms with van der Waals surface area (Å²) in [6.07, 6.45) is 0.137. The average molecular weight is 301 g/mol. The molecule has 0 bridgehead atoms. The number of carbonyl (C=O) groups is 3. The molecule has 0 fully saturated rings. The van der Waals surface area contributed by atoms with Crippen LogP contribution in [0.1, 0.15) is 48.0 Å². The molecule has 122 valence electrons. The molecular formula is C14H27N3O4. The number of rotatable bonds is 5. The second kappa shape index (κ2) is 7.28. The van der Waals surface area contributed by atoms with E-state index in [2.05, 4.69) is 16.0 Å². The van der Waals surface area contributed by atoms with Gasteiger partial charge in [-0.05, 0) is 26.2 Å². The summed E-state index contributed by atoms with van der Waals surface area (Å²) in [5.74, 6) is -1.27. The lowest BCUT2D eigenvalue weighted by molar-refractivity contribution is -0.142. The van der Waals surface area contributed by atoms with E-state index in [0.717, 1.165) is 0 Å². The maximum Gasteiger partial charge on any atom is 0.326 e. The SMILES string of the molecule is CC(C)(C)NC(=O)CCNC(=O)NC(C(=O)O)C(C)(C)C. The zero-order valence-electron chi connectivity index (χ0n) is 13.7. The van der Waals surface area contributed by atoms with Crippen molar-refractivity contribution in [2.75, 3.05) is 6.54 Å². The molecule has 0 saturated heterocycles. The predicted molar refractivity (Wildman–Crippen MR) is 79.9 cm³/mol. The van der Waals surface area contributed by atoms with Crippen molar-refractivity contribution in [3.8, 4) is 0 Å². The Morgan fingerprint density at radius 1 is 1.05 bits per heavy atom. The number of carboxylic acids is 1. The highest BCUT2D eigenvalue weighted by molar-refractivity contribution is 5.83. The molecule has 0 aliphatic carbocycles. The van der Waals surface area contributed by atoms with Crippen LogP contribution in [0.3, 0.4) is 0 Å². The number of carboxylic acid groups (broad SMARTS) is 1. The van der Waals surface area contributed by atoms with Crippen molar-refractivity contribution in [1.29, 1.82) is 0 Å². The van der Waals surface area contributed by atoms with Gasteiger partial charge in [0.2, 0.25) is 5.91 Å². The van der Waals surface area contributed by atoms with Crippen LogP contribution in [0.25, 0.3) is 0 Å². The van der Waals surface area contributed by atoms with Crippen molar-refractivity contribution < 1.29 is 19.5 Å². The third-order valence-electron chi connectivity index (χ3n) is 2.54. The Morgan fingerprint density at radius 3 is 1.95 bits per heavy atom. The fraction of sp³-hybridized carbons (Fsp3) is 0.786. The molecule has 7 heteroatoms. The minimum Gasteiger partial charge on any atom is -0.480 e. The van der Waals surface area contributed by atoms with Gasteiger partial charge < -0.3 is 21.1 Å². The first-order valence-electron chi connectivity index (χ1n) is 6.91. The lowest BCUT2D eigenvalue weighted by Crippen LogP contribution is -2.52. The van der Waals surface area contributed by atoms with Crippen LogP contribution in [0.2, 0.25) is 0 Å². The topological polar surface area (TPSA) is 108 Å². The zero-order valence-corrected chi connectivity index (χ0v) is 13.7. The van der Waals surface area contributed by atoms with E-state index in [4.69, 9.17) is 5.11 Å². The van der Waals surface area contributed by atoms with E-state index < -0.39 is 23.5 Å². The second-order valence-electron chi connectivity index (χ2n) is 7.09. The Morgan fingerprint density at radius 2 is 1.57 bits per heavy atom. The first-order chi connectivity index (χ1) is 9.33. The molecule has 0 spiro atoms. The van der Waals surface area contributed by atoms with Gasteiger partial charge in [0.25, 0.3) is 0 Å². The molecule has 0 aromatic rings. The molecule has 0 aliphatic rings. The van der Waals surface area contributed by atoms with E-state index in [-0.39, 0.29) is 24.4 Å². The summed E-state index contributed by atoms with van der Waals surface area (Å²) in [6.45, 7) is 10.9. The molecule has 21 heavy (non-hydrogen) atoms. The van der Waals surface area contributed by atoms with Crippen LogP contribution in [-0.2, 0) is 9.59 Å². The van der Waals surface area contributed by atoms with Gasteiger partial charge in [-0.2, -0.15) is 0 Å². The monoisotopic (exact) mass is 301 g/mol. The van der Waals surface area contributed by atoms with Gasteiger partial charge in [0.15, 0.2) is 0 Å². The summed E-state index contributed by atoms with van der Waals surface area (Å²) in [7, 11) is 0. The van der Waals surface area contributed by atoms with Crippen LogP contribution in [0.5, 0.6) is 0 Å². The van der Waals surface area contributed by atoms with Crippen LogP contribution in [0.4, 0.5) is 4.79 Å². The zero-order chi connectivity index (χ0) is 16.8. The molecule has 4 N–H and O–H groups in total. The van der Waals surface area contributed by atoms with Gasteiger partial charge in [-0.15, -0.1) is 0 Å². The van der Waals surface area contributed by atoms with Gasteiger partial charge in [-0.1, -0.05) is 20.8 Å². The first-order valence-corrected chi connectivity index (χ1v) is 6.91. The van der Waals surface area contributed by atoms with Gasteiger partial charge in [0.05, 0.1) is 0 Å². The van der Waals surface area contributed by atoms with Gasteiger partial charge in [-0.25, -0.2) is 9.59 Å². The largest absolute Gasteiger partial charge is 0.480 e. The van der Waals surface area contributed by atoms with Crippen LogP contribution in [0, 0.1) is 5.41 Å². The predicted octanol–water partition coefficient (Wildman–Crippen LogP) is 1.09. The normalized spacial score (nSPS) is 13.2. The highest BCUT2D eigenvalue weighted by Crippen LogP contribution is 2.19. The second-order valence-corrected chi connectivity index (χ2v) is 7.09. The van der Waals surface area contributed by atoms with Crippen molar-refractivity contribution in [1.82, 2.24) is 16.0 Å². The number of urea groups is 1. The van der Waals surface area contributed by atoms with Crippen LogP contribution < -0.4 is 16.0 Å². The summed E-state index contributed by atoms with van der Waals surface area (Å²) in [5, 5.41) is 16.7. The molecule has 0 aromatic heterocycles. The van der Waals surface area contributed by atoms with Crippen LogP contribution >= 0.6 is 0 Å². The molecule has 1 unspecified atom stereocenters. The minimum absolute atomic E-state index is 0.137. The Hall–Kier alpha value is -1.79. The van der Waals surface area contributed by atoms with Crippen LogP contribution in [-0.4, -0.2) is 41.1 Å². The van der Waals surface area contributed by atoms with E-state index in [1.165, 1.54) is 0 Å². The molecule has 0 saturated carbocycles. The lowest BCUT2D eigenvalue weighted by atomic mass is 9.87. The summed E-state index contributed by atoms with van der Waals surface area (Å²) < 4.78 is 0. The van der Waals surface area contributed by atoms with Crippen molar-refractivity contribution in [2.45, 2.75) is 59.5 Å². The summed E-state index contributed by atoms with van der Waals surface area (Å²) in [4.78, 5) is 34.3. The molecule has 0 rings (SSSR count). The fourth-order valence-corrected chi connectivity index (χ4v) is 1.60. The summed E-state index contributed by atoms with van der Waals surface area (Å²) >= 11 is 0. The third-order valence-corrected chi connectivity index (χ3v) is 2.54. The highest BCUT2D eigenvalue weighted by Gasteiger charge is 2.32. The highest BCUT2D eigenvalue weighted by atomic mass is 16.4. The Bertz CT molecular complexity index is 394. The fourth-order valence-electron chi connectivity index (χ4n) is 1.60. The van der Waals surface area contributed by atoms with Gasteiger partial charge >= 0.3 is 12.0 Å². The van der Waals surface area contributed by atoms with E-state index in [1.54, 1.807) is 20.8 Å². The number of hydrogen-bond donors (Lipinski definition) is 4. The Kier molecular flexibility index (Phi) is 6.66. The molecule has 0 heterocycles. The maximum absolute atomic E-state index is 11.7. The smallest absolute Gasteiger partial charge is 0.326 e. The first kappa shape index (κ1) is 19.2. The van der Waals surface area contributed by atoms with E-state index in [1.807, 2.05) is 20.8 Å². The number of amides is 3. The molecule has 0 aliphatic heterocycles. The van der Waals surface area contributed by atoms with E-state index in [9.17, 15) is 14.4 Å². The molecule has 0 radical (unpaired) electrons. The van der Waals surface area contributed by atoms with Crippen molar-refractivity contribution >= 4 is 17.9 Å². The van der Waals surface area contributed by atoms with Crippen molar-refractivity contribution in [3.05, 3.63) is 0 Å². The van der Waals surface area contributed by atoms with E-state index >= 15 is 0 Å². The van der Waals surface area contributed by atoms with Crippen molar-refractivity contribution in [3.63, 3.8) is 0 Å². The Balaban J connectivity index is 4.22. The quantitative estimate of drug-likeness (QED) is 0.609. The molecular weight excluding hydrogens is 274 g/mol.